The molecule has 0 bridgehead atoms. The fourth-order valence-corrected chi connectivity index (χ4v) is 4.27. The number of rotatable bonds is 8. The van der Waals surface area contributed by atoms with E-state index in [1.165, 1.54) is 13.0 Å². The number of benzene rings is 3. The molecule has 3 rings (SSSR count). The smallest absolute Gasteiger partial charge is 0.307 e. The quantitative estimate of drug-likeness (QED) is 0.506. The van der Waals surface area contributed by atoms with E-state index in [0.717, 1.165) is 21.9 Å². The maximum atomic E-state index is 12.5. The van der Waals surface area contributed by atoms with E-state index in [2.05, 4.69) is 10.0 Å². The Morgan fingerprint density at radius 2 is 1.69 bits per heavy atom. The standard InChI is InChI=1S/C24H26N2O5S/c1-16-8-11-22(17(2)14-16)26-24(28)18(3)31-23(27)12-13-25-32(29,30)21-10-9-19-6-4-5-7-20(19)15-21/h4-11,14-15,18,25H,12-13H2,1-3H3,(H,26,28). The molecule has 2 N–H and O–H groups in total. The van der Waals surface area contributed by atoms with Gasteiger partial charge in [0.1, 0.15) is 0 Å². The number of aryl methyl sites for hydroxylation is 2. The van der Waals surface area contributed by atoms with E-state index in [4.69, 9.17) is 4.74 Å². The fourth-order valence-electron chi connectivity index (χ4n) is 3.20. The Bertz CT molecular complexity index is 1250. The number of nitrogens with one attached hydrogen (secondary N) is 2. The highest BCUT2D eigenvalue weighted by Crippen LogP contribution is 2.19. The number of esters is 1. The molecule has 3 aromatic rings. The highest BCUT2D eigenvalue weighted by atomic mass is 32.2. The zero-order valence-corrected chi connectivity index (χ0v) is 19.0. The minimum atomic E-state index is -3.78. The first-order chi connectivity index (χ1) is 15.2. The van der Waals surface area contributed by atoms with Crippen LogP contribution in [0.1, 0.15) is 24.5 Å². The van der Waals surface area contributed by atoms with Gasteiger partial charge in [0.25, 0.3) is 5.91 Å². The second kappa shape index (κ2) is 9.93. The van der Waals surface area contributed by atoms with Crippen LogP contribution >= 0.6 is 0 Å². The summed E-state index contributed by atoms with van der Waals surface area (Å²) >= 11 is 0. The summed E-state index contributed by atoms with van der Waals surface area (Å²) in [6.07, 6.45) is -1.21. The first-order valence-electron chi connectivity index (χ1n) is 10.2. The van der Waals surface area contributed by atoms with Gasteiger partial charge in [-0.1, -0.05) is 48.0 Å². The zero-order valence-electron chi connectivity index (χ0n) is 18.2. The normalized spacial score (nSPS) is 12.3. The molecular weight excluding hydrogens is 428 g/mol. The van der Waals surface area contributed by atoms with Crippen LogP contribution in [0.4, 0.5) is 5.69 Å². The number of sulfonamides is 1. The summed E-state index contributed by atoms with van der Waals surface area (Å²) in [7, 11) is -3.78. The topological polar surface area (TPSA) is 102 Å². The lowest BCUT2D eigenvalue weighted by atomic mass is 10.1. The average Bonchev–Trinajstić information content (AvgIpc) is 2.75. The minimum Gasteiger partial charge on any atom is -0.452 e. The molecule has 0 spiro atoms. The minimum absolute atomic E-state index is 0.116. The number of carbonyl (C=O) groups excluding carboxylic acids is 2. The van der Waals surface area contributed by atoms with Crippen LogP contribution in [0.5, 0.6) is 0 Å². The van der Waals surface area contributed by atoms with Crippen LogP contribution < -0.4 is 10.0 Å². The van der Waals surface area contributed by atoms with Crippen LogP contribution in [-0.2, 0) is 24.3 Å². The molecule has 0 aliphatic rings. The Labute approximate surface area is 187 Å². The highest BCUT2D eigenvalue weighted by Gasteiger charge is 2.20. The van der Waals surface area contributed by atoms with Crippen molar-refractivity contribution < 1.29 is 22.7 Å². The molecule has 0 heterocycles. The van der Waals surface area contributed by atoms with Crippen LogP contribution in [0.25, 0.3) is 10.8 Å². The zero-order chi connectivity index (χ0) is 23.3. The van der Waals surface area contributed by atoms with Gasteiger partial charge in [-0.15, -0.1) is 0 Å². The third-order valence-electron chi connectivity index (χ3n) is 4.97. The highest BCUT2D eigenvalue weighted by molar-refractivity contribution is 7.89. The number of amides is 1. The molecule has 3 aromatic carbocycles. The predicted octanol–water partition coefficient (Wildman–Crippen LogP) is 3.70. The Kier molecular flexibility index (Phi) is 7.27. The van der Waals surface area contributed by atoms with Crippen molar-refractivity contribution in [3.63, 3.8) is 0 Å². The van der Waals surface area contributed by atoms with E-state index in [9.17, 15) is 18.0 Å². The molecule has 7 nitrogen and oxygen atoms in total. The van der Waals surface area contributed by atoms with E-state index < -0.39 is 28.0 Å². The number of ether oxygens (including phenoxy) is 1. The van der Waals surface area contributed by atoms with E-state index in [0.29, 0.717) is 5.69 Å². The third kappa shape index (κ3) is 5.93. The Morgan fingerprint density at radius 1 is 0.969 bits per heavy atom. The molecule has 168 valence electrons. The van der Waals surface area contributed by atoms with Gasteiger partial charge in [0.15, 0.2) is 6.10 Å². The Hall–Kier alpha value is -3.23. The van der Waals surface area contributed by atoms with Gasteiger partial charge in [0.2, 0.25) is 10.0 Å². The van der Waals surface area contributed by atoms with Crippen molar-refractivity contribution in [2.45, 2.75) is 38.2 Å². The molecule has 1 amide bonds. The Balaban J connectivity index is 1.50. The van der Waals surface area contributed by atoms with Crippen LogP contribution in [0.15, 0.2) is 65.6 Å². The lowest BCUT2D eigenvalue weighted by Crippen LogP contribution is -2.32. The van der Waals surface area contributed by atoms with Gasteiger partial charge < -0.3 is 10.1 Å². The molecule has 0 saturated carbocycles. The Morgan fingerprint density at radius 3 is 2.41 bits per heavy atom. The lowest BCUT2D eigenvalue weighted by Gasteiger charge is -2.15. The fraction of sp³-hybridized carbons (Fsp3) is 0.250. The molecule has 0 saturated heterocycles. The molecule has 8 heteroatoms. The van der Waals surface area contributed by atoms with Crippen LogP contribution in [0.2, 0.25) is 0 Å². The van der Waals surface area contributed by atoms with Gasteiger partial charge in [-0.25, -0.2) is 13.1 Å². The molecule has 1 unspecified atom stereocenters. The average molecular weight is 455 g/mol. The molecular formula is C24H26N2O5S. The summed E-state index contributed by atoms with van der Waals surface area (Å²) in [6, 6.07) is 17.9. The molecule has 32 heavy (non-hydrogen) atoms. The summed E-state index contributed by atoms with van der Waals surface area (Å²) < 4.78 is 32.6. The molecule has 0 aromatic heterocycles. The largest absolute Gasteiger partial charge is 0.452 e. The number of hydrogen-bond acceptors (Lipinski definition) is 5. The van der Waals surface area contributed by atoms with Crippen molar-refractivity contribution in [3.8, 4) is 0 Å². The SMILES string of the molecule is Cc1ccc(NC(=O)C(C)OC(=O)CCNS(=O)(=O)c2ccc3ccccc3c2)c(C)c1. The van der Waals surface area contributed by atoms with E-state index in [1.54, 1.807) is 18.2 Å². The lowest BCUT2D eigenvalue weighted by molar-refractivity contribution is -0.152. The first kappa shape index (κ1) is 23.4. The molecule has 0 radical (unpaired) electrons. The maximum absolute atomic E-state index is 12.5. The van der Waals surface area contributed by atoms with Gasteiger partial charge in [-0.05, 0) is 55.3 Å². The molecule has 0 fully saturated rings. The first-order valence-corrected chi connectivity index (χ1v) is 11.7. The maximum Gasteiger partial charge on any atom is 0.307 e. The van der Waals surface area contributed by atoms with Gasteiger partial charge in [-0.2, -0.15) is 0 Å². The van der Waals surface area contributed by atoms with Crippen molar-refractivity contribution in [3.05, 3.63) is 71.8 Å². The van der Waals surface area contributed by atoms with Crippen molar-refractivity contribution >= 4 is 38.4 Å². The summed E-state index contributed by atoms with van der Waals surface area (Å²) in [4.78, 5) is 24.5. The van der Waals surface area contributed by atoms with Crippen LogP contribution in [-0.4, -0.2) is 32.9 Å². The van der Waals surface area contributed by atoms with E-state index in [-0.39, 0.29) is 17.9 Å². The van der Waals surface area contributed by atoms with Crippen LogP contribution in [0, 0.1) is 13.8 Å². The number of hydrogen-bond donors (Lipinski definition) is 2. The second-order valence-electron chi connectivity index (χ2n) is 7.60. The monoisotopic (exact) mass is 454 g/mol. The van der Waals surface area contributed by atoms with Crippen molar-refractivity contribution in [2.75, 3.05) is 11.9 Å². The summed E-state index contributed by atoms with van der Waals surface area (Å²) in [5.41, 5.74) is 2.62. The van der Waals surface area contributed by atoms with Crippen LogP contribution in [0.3, 0.4) is 0 Å². The summed E-state index contributed by atoms with van der Waals surface area (Å²) in [6.45, 7) is 5.16. The number of anilines is 1. The van der Waals surface area contributed by atoms with Crippen molar-refractivity contribution in [1.29, 1.82) is 0 Å². The van der Waals surface area contributed by atoms with Gasteiger partial charge in [0, 0.05) is 12.2 Å². The van der Waals surface area contributed by atoms with Gasteiger partial charge in [0.05, 0.1) is 11.3 Å². The van der Waals surface area contributed by atoms with Crippen molar-refractivity contribution in [1.82, 2.24) is 4.72 Å². The van der Waals surface area contributed by atoms with E-state index >= 15 is 0 Å². The molecule has 0 aliphatic heterocycles. The van der Waals surface area contributed by atoms with Gasteiger partial charge in [-0.3, -0.25) is 9.59 Å². The molecule has 0 aliphatic carbocycles. The van der Waals surface area contributed by atoms with E-state index in [1.807, 2.05) is 50.2 Å². The molecule has 1 atom stereocenters. The number of carbonyl (C=O) groups is 2. The predicted molar refractivity (Wildman–Crippen MR) is 124 cm³/mol. The summed E-state index contributed by atoms with van der Waals surface area (Å²) in [5.74, 6) is -1.13. The second-order valence-corrected chi connectivity index (χ2v) is 9.36. The summed E-state index contributed by atoms with van der Waals surface area (Å²) in [5, 5.41) is 4.47. The van der Waals surface area contributed by atoms with Crippen molar-refractivity contribution in [2.24, 2.45) is 0 Å². The number of fused-ring (bicyclic) bond motifs is 1. The van der Waals surface area contributed by atoms with Gasteiger partial charge >= 0.3 is 5.97 Å². The third-order valence-corrected chi connectivity index (χ3v) is 6.43.